The minimum Gasteiger partial charge on any atom is -0.365 e. The number of nitro groups is 1. The zero-order valence-corrected chi connectivity index (χ0v) is 11.9. The Morgan fingerprint density at radius 3 is 2.71 bits per heavy atom. The van der Waals surface area contributed by atoms with Gasteiger partial charge in [-0.3, -0.25) is 10.1 Å². The van der Waals surface area contributed by atoms with E-state index in [1.807, 2.05) is 30.0 Å². The van der Waals surface area contributed by atoms with E-state index in [2.05, 4.69) is 6.07 Å². The maximum atomic E-state index is 11.2. The van der Waals surface area contributed by atoms with Gasteiger partial charge in [0.1, 0.15) is 5.69 Å². The molecule has 0 aliphatic carbocycles. The molecular weight excluding hydrogens is 266 g/mol. The minimum absolute atomic E-state index is 0.0916. The van der Waals surface area contributed by atoms with Gasteiger partial charge in [0.05, 0.1) is 16.6 Å². The van der Waals surface area contributed by atoms with Crippen LogP contribution in [0.5, 0.6) is 0 Å². The van der Waals surface area contributed by atoms with Crippen molar-refractivity contribution in [2.75, 3.05) is 11.9 Å². The van der Waals surface area contributed by atoms with Crippen LogP contribution in [0, 0.1) is 28.4 Å². The van der Waals surface area contributed by atoms with E-state index in [9.17, 15) is 10.1 Å². The number of nitriles is 1. The molecule has 5 heteroatoms. The quantitative estimate of drug-likeness (QED) is 0.636. The third-order valence-electron chi connectivity index (χ3n) is 3.21. The van der Waals surface area contributed by atoms with Crippen molar-refractivity contribution in [3.05, 3.63) is 69.3 Å². The molecule has 0 atom stereocenters. The summed E-state index contributed by atoms with van der Waals surface area (Å²) in [6, 6.07) is 14.5. The van der Waals surface area contributed by atoms with Gasteiger partial charge in [-0.05, 0) is 36.2 Å². The van der Waals surface area contributed by atoms with Crippen LogP contribution in [0.4, 0.5) is 11.4 Å². The Morgan fingerprint density at radius 1 is 1.29 bits per heavy atom. The molecule has 0 N–H and O–H groups in total. The second-order valence-corrected chi connectivity index (χ2v) is 4.92. The molecule has 0 amide bonds. The van der Waals surface area contributed by atoms with Crippen molar-refractivity contribution in [3.63, 3.8) is 0 Å². The largest absolute Gasteiger partial charge is 0.365 e. The lowest BCUT2D eigenvalue weighted by molar-refractivity contribution is -0.384. The van der Waals surface area contributed by atoms with Gasteiger partial charge in [-0.25, -0.2) is 0 Å². The number of rotatable bonds is 4. The van der Waals surface area contributed by atoms with Gasteiger partial charge in [0, 0.05) is 19.7 Å². The molecule has 0 aliphatic heterocycles. The lowest BCUT2D eigenvalue weighted by Crippen LogP contribution is -2.17. The molecule has 0 spiro atoms. The van der Waals surface area contributed by atoms with E-state index in [1.165, 1.54) is 0 Å². The van der Waals surface area contributed by atoms with Crippen LogP contribution in [0.1, 0.15) is 16.7 Å². The van der Waals surface area contributed by atoms with Gasteiger partial charge in [-0.1, -0.05) is 18.2 Å². The standard InChI is InChI=1S/C16H15N3O2/c1-12-6-7-15(16(8-12)19(20)21)18(2)11-14-5-3-4-13(9-14)10-17/h3-9H,11H2,1-2H3. The van der Waals surface area contributed by atoms with Crippen LogP contribution in [0.2, 0.25) is 0 Å². The average Bonchev–Trinajstić information content (AvgIpc) is 2.47. The van der Waals surface area contributed by atoms with Crippen LogP contribution in [0.3, 0.4) is 0 Å². The molecule has 0 saturated carbocycles. The first-order valence-corrected chi connectivity index (χ1v) is 6.46. The lowest BCUT2D eigenvalue weighted by Gasteiger charge is -2.19. The summed E-state index contributed by atoms with van der Waals surface area (Å²) in [5.41, 5.74) is 3.03. The van der Waals surface area contributed by atoms with Gasteiger partial charge in [0.2, 0.25) is 0 Å². The van der Waals surface area contributed by atoms with Crippen LogP contribution in [0.25, 0.3) is 0 Å². The number of benzene rings is 2. The summed E-state index contributed by atoms with van der Waals surface area (Å²) >= 11 is 0. The van der Waals surface area contributed by atoms with Gasteiger partial charge in [0.15, 0.2) is 0 Å². The molecule has 0 bridgehead atoms. The fourth-order valence-electron chi connectivity index (χ4n) is 2.20. The summed E-state index contributed by atoms with van der Waals surface area (Å²) in [7, 11) is 1.80. The molecule has 0 aliphatic rings. The topological polar surface area (TPSA) is 70.2 Å². The SMILES string of the molecule is Cc1ccc(N(C)Cc2cccc(C#N)c2)c([N+](=O)[O-])c1. The molecule has 0 radical (unpaired) electrons. The van der Waals surface area contributed by atoms with E-state index in [0.717, 1.165) is 11.1 Å². The number of nitrogens with zero attached hydrogens (tertiary/aromatic N) is 3. The highest BCUT2D eigenvalue weighted by molar-refractivity contribution is 5.64. The van der Waals surface area contributed by atoms with Crippen molar-refractivity contribution >= 4 is 11.4 Å². The third-order valence-corrected chi connectivity index (χ3v) is 3.21. The summed E-state index contributed by atoms with van der Waals surface area (Å²) in [4.78, 5) is 12.6. The Labute approximate surface area is 123 Å². The molecule has 0 unspecified atom stereocenters. The molecule has 0 aromatic heterocycles. The Morgan fingerprint density at radius 2 is 2.05 bits per heavy atom. The minimum atomic E-state index is -0.371. The normalized spacial score (nSPS) is 9.95. The zero-order chi connectivity index (χ0) is 15.4. The predicted octanol–water partition coefficient (Wildman–Crippen LogP) is 3.41. The van der Waals surface area contributed by atoms with Gasteiger partial charge < -0.3 is 4.90 Å². The molecule has 0 saturated heterocycles. The molecule has 2 aromatic carbocycles. The lowest BCUT2D eigenvalue weighted by atomic mass is 10.1. The molecule has 0 fully saturated rings. The number of aryl methyl sites for hydroxylation is 1. The monoisotopic (exact) mass is 281 g/mol. The van der Waals surface area contributed by atoms with Gasteiger partial charge in [-0.2, -0.15) is 5.26 Å². The summed E-state index contributed by atoms with van der Waals surface area (Å²) in [6.07, 6.45) is 0. The number of anilines is 1. The number of nitro benzene ring substituents is 1. The van der Waals surface area contributed by atoms with Crippen molar-refractivity contribution in [2.24, 2.45) is 0 Å². The van der Waals surface area contributed by atoms with Crippen LogP contribution in [-0.2, 0) is 6.54 Å². The fourth-order valence-corrected chi connectivity index (χ4v) is 2.20. The zero-order valence-electron chi connectivity index (χ0n) is 11.9. The Balaban J connectivity index is 2.30. The summed E-state index contributed by atoms with van der Waals surface area (Å²) in [6.45, 7) is 2.33. The highest BCUT2D eigenvalue weighted by atomic mass is 16.6. The second-order valence-electron chi connectivity index (χ2n) is 4.92. The molecule has 106 valence electrons. The number of hydrogen-bond donors (Lipinski definition) is 0. The van der Waals surface area contributed by atoms with Crippen LogP contribution in [0.15, 0.2) is 42.5 Å². The van der Waals surface area contributed by atoms with E-state index < -0.39 is 0 Å². The molecule has 21 heavy (non-hydrogen) atoms. The molecule has 2 aromatic rings. The van der Waals surface area contributed by atoms with Crippen LogP contribution in [-0.4, -0.2) is 12.0 Å². The fraction of sp³-hybridized carbons (Fsp3) is 0.188. The predicted molar refractivity (Wildman–Crippen MR) is 81.1 cm³/mol. The Kier molecular flexibility index (Phi) is 4.19. The first-order valence-electron chi connectivity index (χ1n) is 6.46. The van der Waals surface area contributed by atoms with Gasteiger partial charge in [0.25, 0.3) is 5.69 Å². The summed E-state index contributed by atoms with van der Waals surface area (Å²) < 4.78 is 0. The van der Waals surface area contributed by atoms with Crippen LogP contribution < -0.4 is 4.90 Å². The van der Waals surface area contributed by atoms with E-state index >= 15 is 0 Å². The first-order chi connectivity index (χ1) is 10.0. The van der Waals surface area contributed by atoms with Crippen molar-refractivity contribution in [1.29, 1.82) is 5.26 Å². The average molecular weight is 281 g/mol. The maximum Gasteiger partial charge on any atom is 0.292 e. The highest BCUT2D eigenvalue weighted by Crippen LogP contribution is 2.29. The molecule has 0 heterocycles. The van der Waals surface area contributed by atoms with E-state index in [0.29, 0.717) is 17.8 Å². The smallest absolute Gasteiger partial charge is 0.292 e. The second kappa shape index (κ2) is 6.06. The number of hydrogen-bond acceptors (Lipinski definition) is 4. The van der Waals surface area contributed by atoms with E-state index in [1.54, 1.807) is 31.3 Å². The van der Waals surface area contributed by atoms with Crippen molar-refractivity contribution in [1.82, 2.24) is 0 Å². The van der Waals surface area contributed by atoms with E-state index in [4.69, 9.17) is 5.26 Å². The van der Waals surface area contributed by atoms with Gasteiger partial charge >= 0.3 is 0 Å². The van der Waals surface area contributed by atoms with E-state index in [-0.39, 0.29) is 10.6 Å². The molecule has 5 nitrogen and oxygen atoms in total. The van der Waals surface area contributed by atoms with Crippen LogP contribution >= 0.6 is 0 Å². The third kappa shape index (κ3) is 3.37. The Bertz CT molecular complexity index is 720. The van der Waals surface area contributed by atoms with Crippen molar-refractivity contribution in [3.8, 4) is 6.07 Å². The summed E-state index contributed by atoms with van der Waals surface area (Å²) in [5.74, 6) is 0. The van der Waals surface area contributed by atoms with Crippen molar-refractivity contribution in [2.45, 2.75) is 13.5 Å². The first kappa shape index (κ1) is 14.5. The molecular formula is C16H15N3O2. The van der Waals surface area contributed by atoms with Gasteiger partial charge in [-0.15, -0.1) is 0 Å². The van der Waals surface area contributed by atoms with Crippen molar-refractivity contribution < 1.29 is 4.92 Å². The Hall–Kier alpha value is -2.87. The summed E-state index contributed by atoms with van der Waals surface area (Å²) in [5, 5.41) is 20.1. The molecule has 2 rings (SSSR count). The maximum absolute atomic E-state index is 11.2. The highest BCUT2D eigenvalue weighted by Gasteiger charge is 2.17.